The second-order valence-corrected chi connectivity index (χ2v) is 23.6. The number of hydrazine groups is 1. The molecule has 6 fully saturated rings. The van der Waals surface area contributed by atoms with Gasteiger partial charge in [-0.25, -0.2) is 19.2 Å². The van der Waals surface area contributed by atoms with Gasteiger partial charge in [-0.05, 0) is 100.0 Å². The summed E-state index contributed by atoms with van der Waals surface area (Å²) in [5, 5.41) is 7.47. The van der Waals surface area contributed by atoms with Gasteiger partial charge in [0.05, 0.1) is 35.8 Å². The fraction of sp³-hybridized carbons (Fsp3) is 0.542. The molecule has 5 aromatic rings. The Hall–Kier alpha value is -5.61. The quantitative estimate of drug-likeness (QED) is 0.0917. The summed E-state index contributed by atoms with van der Waals surface area (Å²) < 4.78 is 49.2. The van der Waals surface area contributed by atoms with Gasteiger partial charge in [-0.3, -0.25) is 34.2 Å². The number of amides is 2. The number of halogens is 2. The number of carbonyl (C=O) groups is 3. The maximum absolute atomic E-state index is 15.1. The fourth-order valence-corrected chi connectivity index (χ4v) is 13.3. The van der Waals surface area contributed by atoms with Crippen LogP contribution >= 0.6 is 11.3 Å². The zero-order valence-corrected chi connectivity index (χ0v) is 45.4. The highest BCUT2D eigenvalue weighted by atomic mass is 32.1. The van der Waals surface area contributed by atoms with Crippen LogP contribution < -0.4 is 10.7 Å². The second kappa shape index (κ2) is 21.3. The van der Waals surface area contributed by atoms with Crippen LogP contribution in [0.15, 0.2) is 66.2 Å². The van der Waals surface area contributed by atoms with Crippen molar-refractivity contribution in [3.05, 3.63) is 93.6 Å². The summed E-state index contributed by atoms with van der Waals surface area (Å²) in [6.07, 6.45) is 1.38. The third-order valence-electron chi connectivity index (χ3n) is 17.0. The third-order valence-corrected chi connectivity index (χ3v) is 17.9. The van der Waals surface area contributed by atoms with Crippen LogP contribution in [0, 0.1) is 35.0 Å². The first-order chi connectivity index (χ1) is 36.6. The highest BCUT2D eigenvalue weighted by Gasteiger charge is 2.56. The van der Waals surface area contributed by atoms with Crippen LogP contribution in [0.4, 0.5) is 8.78 Å². The molecule has 3 saturated carbocycles. The van der Waals surface area contributed by atoms with Gasteiger partial charge in [-0.1, -0.05) is 69.0 Å². The number of benzene rings is 2. The zero-order chi connectivity index (χ0) is 53.2. The number of cyclic esters (lactones) is 1. The number of thiazole rings is 1. The Morgan fingerprint density at radius 1 is 1.04 bits per heavy atom. The number of fused-ring (bicyclic) bond motifs is 4. The van der Waals surface area contributed by atoms with Crippen molar-refractivity contribution >= 4 is 40.0 Å². The fourth-order valence-electron chi connectivity index (χ4n) is 12.4. The number of ether oxygens (including phenoxy) is 3. The molecule has 3 aliphatic carbocycles. The molecule has 3 aromatic heterocycles. The number of aryl methyl sites for hydroxylation is 1. The van der Waals surface area contributed by atoms with E-state index in [2.05, 4.69) is 82.8 Å². The van der Waals surface area contributed by atoms with E-state index < -0.39 is 54.4 Å². The van der Waals surface area contributed by atoms with E-state index in [4.69, 9.17) is 24.2 Å². The molecule has 8 bridgehead atoms. The number of hydrogen-bond acceptors (Lipinski definition) is 12. The maximum atomic E-state index is 15.1. The summed E-state index contributed by atoms with van der Waals surface area (Å²) in [6.45, 7) is 16.3. The van der Waals surface area contributed by atoms with Crippen LogP contribution in [0.5, 0.6) is 0 Å². The van der Waals surface area contributed by atoms with E-state index in [1.165, 1.54) is 29.2 Å². The van der Waals surface area contributed by atoms with E-state index in [1.807, 2.05) is 61.8 Å². The van der Waals surface area contributed by atoms with Gasteiger partial charge in [-0.15, -0.1) is 11.3 Å². The van der Waals surface area contributed by atoms with Crippen molar-refractivity contribution in [3.63, 3.8) is 0 Å². The number of piperazine rings is 1. The first kappa shape index (κ1) is 52.4. The normalized spacial score (nSPS) is 27.5. The van der Waals surface area contributed by atoms with Crippen molar-refractivity contribution < 1.29 is 37.4 Å². The van der Waals surface area contributed by atoms with Gasteiger partial charge in [0.25, 0.3) is 12.3 Å². The van der Waals surface area contributed by atoms with Crippen LogP contribution in [0.3, 0.4) is 0 Å². The Labute approximate surface area is 448 Å². The standard InChI is InChI=1S/C59H70F2N8O6S/c1-8-68-46-19-16-38-27-42(46)44(53(68)43-24-36(29-62-50(43)35(4)73-7)15-14-33(2)66-20-22-67(23-21-66)40-17-18-40)28-59(5,6)32-75-58(72)51-39-25-41(26-39)69(65-51)57(71)52(54(74-30-47(60)61)56-63-45(38)31-76-56)64-55(70)49-34(3)48(49)37-12-10-9-11-13-37/h9-13,16,19,24,27,29,31,33-35,39-41,47-49,51-52,54,65H,8,17-18,20-23,25-26,28,30,32H2,1-7H3,(H,64,70)/t33-,34+,35+,39?,41?,48+,49-,51+,52+,54+/m1/s1. The van der Waals surface area contributed by atoms with Crippen molar-refractivity contribution in [2.45, 2.75) is 135 Å². The smallest absolute Gasteiger partial charge is 0.325 e. The topological polar surface area (TPSA) is 143 Å². The van der Waals surface area contributed by atoms with E-state index >= 15 is 4.79 Å². The van der Waals surface area contributed by atoms with Gasteiger partial charge in [0.15, 0.2) is 0 Å². The number of nitrogens with zero attached hydrogens (tertiary/aromatic N) is 6. The summed E-state index contributed by atoms with van der Waals surface area (Å²) in [6, 6.07) is 16.3. The molecule has 7 heterocycles. The van der Waals surface area contributed by atoms with Crippen LogP contribution in [-0.4, -0.2) is 130 Å². The molecule has 0 spiro atoms. The molecule has 17 heteroatoms. The number of hydrogen-bond donors (Lipinski definition) is 2. The number of pyridine rings is 1. The molecule has 2 N–H and O–H groups in total. The van der Waals surface area contributed by atoms with E-state index in [-0.39, 0.29) is 53.5 Å². The summed E-state index contributed by atoms with van der Waals surface area (Å²) in [7, 11) is 1.68. The van der Waals surface area contributed by atoms with Crippen molar-refractivity contribution in [2.24, 2.45) is 23.2 Å². The monoisotopic (exact) mass is 1060 g/mol. The van der Waals surface area contributed by atoms with Gasteiger partial charge in [0.1, 0.15) is 29.8 Å². The Morgan fingerprint density at radius 3 is 2.51 bits per heavy atom. The lowest BCUT2D eigenvalue weighted by Gasteiger charge is -2.53. The highest BCUT2D eigenvalue weighted by Crippen LogP contribution is 2.54. The van der Waals surface area contributed by atoms with Gasteiger partial charge in [0, 0.05) is 102 Å². The lowest BCUT2D eigenvalue weighted by Crippen LogP contribution is -2.72. The number of esters is 1. The summed E-state index contributed by atoms with van der Waals surface area (Å²) >= 11 is 1.19. The average molecular weight is 1060 g/mol. The van der Waals surface area contributed by atoms with E-state index in [9.17, 15) is 18.4 Å². The molecule has 12 rings (SSSR count). The largest absolute Gasteiger partial charge is 0.464 e. The van der Waals surface area contributed by atoms with Crippen molar-refractivity contribution in [3.8, 4) is 34.4 Å². The number of carbonyl (C=O) groups excluding carboxylic acids is 3. The first-order valence-corrected chi connectivity index (χ1v) is 28.1. The summed E-state index contributed by atoms with van der Waals surface area (Å²) in [5.74, 6) is 4.91. The molecular weight excluding hydrogens is 987 g/mol. The van der Waals surface area contributed by atoms with Crippen LogP contribution in [0.2, 0.25) is 0 Å². The van der Waals surface area contributed by atoms with Gasteiger partial charge < -0.3 is 24.1 Å². The predicted octanol–water partition coefficient (Wildman–Crippen LogP) is 8.55. The SMILES string of the molecule is CCn1c(-c2cc(C#C[C@@H](C)N3CCN(C4CC4)CC3)cnc2[C@H](C)OC)c2c3cc(ccc31)-c1csc(n1)[C@@H](OCC(F)F)[C@H](NC(=O)[C@@H]1[C@@H](C)[C@H]1c1ccccc1)C(=O)N1N[C@H](C(=O)OCC(C)(C)C2)C2CC1C2. The molecule has 2 aromatic carbocycles. The minimum atomic E-state index is -2.87. The zero-order valence-electron chi connectivity index (χ0n) is 44.6. The second-order valence-electron chi connectivity index (χ2n) is 22.8. The molecule has 8 atom stereocenters. The Balaban J connectivity index is 1.01. The molecule has 402 valence electrons. The predicted molar refractivity (Wildman–Crippen MR) is 287 cm³/mol. The molecule has 0 unspecified atom stereocenters. The Kier molecular flexibility index (Phi) is 14.7. The molecule has 14 nitrogen and oxygen atoms in total. The molecule has 4 aliphatic heterocycles. The van der Waals surface area contributed by atoms with Crippen molar-refractivity contribution in [2.75, 3.05) is 46.5 Å². The molecule has 3 saturated heterocycles. The van der Waals surface area contributed by atoms with Crippen LogP contribution in [0.25, 0.3) is 33.4 Å². The minimum absolute atomic E-state index is 0.0315. The van der Waals surface area contributed by atoms with Gasteiger partial charge in [-0.2, -0.15) is 0 Å². The summed E-state index contributed by atoms with van der Waals surface area (Å²) in [4.78, 5) is 59.2. The number of rotatable bonds is 12. The molecule has 76 heavy (non-hydrogen) atoms. The molecule has 7 aliphatic rings. The van der Waals surface area contributed by atoms with E-state index in [0.717, 1.165) is 82.3 Å². The van der Waals surface area contributed by atoms with Gasteiger partial charge >= 0.3 is 5.97 Å². The van der Waals surface area contributed by atoms with E-state index in [0.29, 0.717) is 31.5 Å². The van der Waals surface area contributed by atoms with Gasteiger partial charge in [0.2, 0.25) is 5.91 Å². The number of methoxy groups -OCH3 is 1. The lowest BCUT2D eigenvalue weighted by molar-refractivity contribution is -0.173. The number of aromatic nitrogens is 3. The van der Waals surface area contributed by atoms with Crippen molar-refractivity contribution in [1.82, 2.24) is 40.1 Å². The average Bonchev–Trinajstić information content (AvgIpc) is 4.33. The Morgan fingerprint density at radius 2 is 1.80 bits per heavy atom. The molecular formula is C59H70F2N8O6S. The molecule has 0 radical (unpaired) electrons. The first-order valence-electron chi connectivity index (χ1n) is 27.3. The third kappa shape index (κ3) is 10.3. The Bertz CT molecular complexity index is 3040. The number of alkyl halides is 2. The maximum Gasteiger partial charge on any atom is 0.325 e. The van der Waals surface area contributed by atoms with Crippen LogP contribution in [-0.2, 0) is 41.6 Å². The molecule has 2 amide bonds. The summed E-state index contributed by atoms with van der Waals surface area (Å²) in [5.41, 5.74) is 10.3. The van der Waals surface area contributed by atoms with Crippen molar-refractivity contribution in [1.29, 1.82) is 0 Å². The highest BCUT2D eigenvalue weighted by molar-refractivity contribution is 7.10. The minimum Gasteiger partial charge on any atom is -0.464 e. The van der Waals surface area contributed by atoms with E-state index in [1.54, 1.807) is 7.11 Å². The lowest BCUT2D eigenvalue weighted by atomic mass is 9.73. The van der Waals surface area contributed by atoms with Crippen LogP contribution in [0.1, 0.15) is 113 Å². The number of nitrogens with one attached hydrogen (secondary N) is 2.